The number of ether oxygens (including phenoxy) is 2. The van der Waals surface area contributed by atoms with Crippen molar-refractivity contribution < 1.29 is 52.1 Å². The van der Waals surface area contributed by atoms with Crippen molar-refractivity contribution in [2.75, 3.05) is 56.2 Å². The highest BCUT2D eigenvalue weighted by Crippen LogP contribution is 2.45. The minimum absolute atomic E-state index is 0.00399. The number of fused-ring (bicyclic) bond motifs is 6. The molecule has 2 aromatic heterocycles. The summed E-state index contributed by atoms with van der Waals surface area (Å²) in [6.45, 7) is 7.13. The molecule has 5 unspecified atom stereocenters. The number of aromatic nitrogens is 3. The Morgan fingerprint density at radius 3 is 2.53 bits per heavy atom. The van der Waals surface area contributed by atoms with Gasteiger partial charge in [-0.25, -0.2) is 13.6 Å². The number of nitrogens with one attached hydrogen (secondary N) is 3. The number of amides is 6. The summed E-state index contributed by atoms with van der Waals surface area (Å²) < 4.78 is 44.9. The Hall–Kier alpha value is -8.09. The minimum Gasteiger partial charge on any atom is -0.508 e. The highest BCUT2D eigenvalue weighted by molar-refractivity contribution is 6.26. The Bertz CT molecular complexity index is 3420. The van der Waals surface area contributed by atoms with E-state index >= 15 is 8.78 Å². The van der Waals surface area contributed by atoms with Crippen molar-refractivity contribution in [1.29, 1.82) is 0 Å². The Labute approximate surface area is 440 Å². The summed E-state index contributed by atoms with van der Waals surface area (Å²) in [5, 5.41) is 20.3. The van der Waals surface area contributed by atoms with E-state index in [1.807, 2.05) is 0 Å². The maximum absolute atomic E-state index is 17.3. The monoisotopic (exact) mass is 1050 g/mol. The fraction of sp³-hybridized carbons (Fsp3) is 0.411. The van der Waals surface area contributed by atoms with Crippen LogP contribution in [0.4, 0.5) is 25.1 Å². The van der Waals surface area contributed by atoms with Crippen molar-refractivity contribution in [2.45, 2.75) is 93.9 Å². The van der Waals surface area contributed by atoms with Crippen LogP contribution in [0.1, 0.15) is 90.5 Å². The third-order valence-corrected chi connectivity index (χ3v) is 16.5. The molecule has 5 atom stereocenters. The molecule has 0 radical (unpaired) electrons. The molecule has 6 saturated heterocycles. The van der Waals surface area contributed by atoms with Crippen LogP contribution in [0.3, 0.4) is 0 Å². The number of imide groups is 2. The number of aromatic hydroxyl groups is 1. The molecule has 19 nitrogen and oxygen atoms in total. The van der Waals surface area contributed by atoms with Gasteiger partial charge in [0.15, 0.2) is 5.82 Å². The zero-order valence-corrected chi connectivity index (χ0v) is 41.9. The SMILES string of the molecule is C#Cc1c(F)ccc2cc(O)cc(-c3ncc4c(N5CC6CCC(C5)N6)nc(OCC56CCC(COC(=O)N7CCC(CC(=O)Nc8cccc9c8C(=O)N(C8CCC(=O)NC8=O)C9=O)CC7)N5CC(=C)C6)nc4c3F)c12. The van der Waals surface area contributed by atoms with Gasteiger partial charge in [-0.2, -0.15) is 9.97 Å². The van der Waals surface area contributed by atoms with Gasteiger partial charge in [0.1, 0.15) is 47.9 Å². The van der Waals surface area contributed by atoms with Crippen molar-refractivity contribution in [3.63, 3.8) is 0 Å². The molecule has 0 spiro atoms. The molecule has 396 valence electrons. The van der Waals surface area contributed by atoms with Gasteiger partial charge in [0, 0.05) is 80.8 Å². The lowest BCUT2D eigenvalue weighted by Crippen LogP contribution is -2.54. The third kappa shape index (κ3) is 8.92. The summed E-state index contributed by atoms with van der Waals surface area (Å²) in [5.41, 5.74) is 0.449. The Balaban J connectivity index is 0.699. The summed E-state index contributed by atoms with van der Waals surface area (Å²) in [5.74, 6) is -1.84. The third-order valence-electron chi connectivity index (χ3n) is 16.5. The van der Waals surface area contributed by atoms with Crippen LogP contribution in [-0.2, 0) is 19.1 Å². The summed E-state index contributed by atoms with van der Waals surface area (Å²) >= 11 is 0. The quantitative estimate of drug-likeness (QED) is 0.0720. The number of anilines is 2. The first kappa shape index (κ1) is 49.8. The predicted octanol–water partition coefficient (Wildman–Crippen LogP) is 5.57. The van der Waals surface area contributed by atoms with Crippen molar-refractivity contribution in [3.8, 4) is 35.4 Å². The van der Waals surface area contributed by atoms with Gasteiger partial charge < -0.3 is 35.0 Å². The molecule has 12 rings (SSSR count). The van der Waals surface area contributed by atoms with Gasteiger partial charge in [-0.3, -0.25) is 44.1 Å². The topological polar surface area (TPSA) is 229 Å². The van der Waals surface area contributed by atoms with Gasteiger partial charge in [-0.05, 0) is 93.0 Å². The Morgan fingerprint density at radius 2 is 1.77 bits per heavy atom. The van der Waals surface area contributed by atoms with Crippen molar-refractivity contribution in [3.05, 3.63) is 89.1 Å². The molecule has 4 N–H and O–H groups in total. The number of piperidine rings is 2. The number of piperazine rings is 1. The molecule has 6 amide bonds. The molecule has 3 aromatic carbocycles. The number of phenolic OH excluding ortho intramolecular Hbond substituents is 1. The standard InChI is InChI=1S/C56H54F2N10O9/c1-3-36-40(57)10-7-31-20-35(69)21-38(45(31)36)48-47(58)49-39(23-59-48)50(66-25-32-8-9-33(26-66)60-32)64-54(63-49)77-28-56-16-13-34(67(56)24-29(2)22-56)27-76-55(75)65-17-14-30(15-18-65)19-44(71)61-41-6-4-5-37-46(41)53(74)68(52(37)73)42-11-12-43(70)62-51(42)72/h1,4-7,10,20-21,23,30,32-34,42,60,69H,2,8-9,11-19,22,24-28H2,(H,61,71)(H,62,70,72). The molecule has 21 heteroatoms. The number of benzene rings is 3. The molecular weight excluding hydrogens is 995 g/mol. The maximum atomic E-state index is 17.3. The molecule has 0 saturated carbocycles. The fourth-order valence-electron chi connectivity index (χ4n) is 12.8. The molecule has 9 heterocycles. The van der Waals surface area contributed by atoms with E-state index in [1.165, 1.54) is 42.6 Å². The summed E-state index contributed by atoms with van der Waals surface area (Å²) in [7, 11) is 0. The molecule has 2 bridgehead atoms. The van der Waals surface area contributed by atoms with Crippen LogP contribution >= 0.6 is 0 Å². The highest BCUT2D eigenvalue weighted by atomic mass is 19.1. The van der Waals surface area contributed by atoms with E-state index < -0.39 is 52.9 Å². The lowest BCUT2D eigenvalue weighted by atomic mass is 9.93. The number of carbonyl (C=O) groups is 6. The van der Waals surface area contributed by atoms with Crippen LogP contribution in [0.15, 0.2) is 60.8 Å². The zero-order valence-electron chi connectivity index (χ0n) is 41.9. The molecule has 77 heavy (non-hydrogen) atoms. The molecule has 7 aliphatic rings. The summed E-state index contributed by atoms with van der Waals surface area (Å²) in [6.07, 6.45) is 12.0. The van der Waals surface area contributed by atoms with Gasteiger partial charge in [-0.15, -0.1) is 6.42 Å². The number of nitrogens with zero attached hydrogens (tertiary/aromatic N) is 7. The number of carbonyl (C=O) groups excluding carboxylic acids is 6. The number of terminal acetylenes is 1. The second-order valence-corrected chi connectivity index (χ2v) is 21.4. The number of hydrogen-bond acceptors (Lipinski definition) is 15. The van der Waals surface area contributed by atoms with Gasteiger partial charge in [0.2, 0.25) is 17.7 Å². The second-order valence-electron chi connectivity index (χ2n) is 21.4. The highest BCUT2D eigenvalue weighted by Gasteiger charge is 2.52. The van der Waals surface area contributed by atoms with Crippen LogP contribution in [-0.4, -0.2) is 146 Å². The maximum Gasteiger partial charge on any atom is 0.409 e. The van der Waals surface area contributed by atoms with Crippen molar-refractivity contribution in [2.24, 2.45) is 5.92 Å². The number of phenols is 1. The van der Waals surface area contributed by atoms with Crippen LogP contribution in [0.5, 0.6) is 11.8 Å². The van der Waals surface area contributed by atoms with Crippen molar-refractivity contribution in [1.82, 2.24) is 40.3 Å². The lowest BCUT2D eigenvalue weighted by molar-refractivity contribution is -0.136. The van der Waals surface area contributed by atoms with Crippen LogP contribution in [0, 0.1) is 29.9 Å². The van der Waals surface area contributed by atoms with Crippen LogP contribution in [0.2, 0.25) is 0 Å². The van der Waals surface area contributed by atoms with E-state index in [9.17, 15) is 33.9 Å². The van der Waals surface area contributed by atoms with Gasteiger partial charge in [0.05, 0.1) is 33.3 Å². The largest absolute Gasteiger partial charge is 0.508 e. The van der Waals surface area contributed by atoms with E-state index in [1.54, 1.807) is 11.0 Å². The zero-order chi connectivity index (χ0) is 53.4. The molecule has 5 aromatic rings. The number of halogens is 2. The number of hydrogen-bond donors (Lipinski definition) is 4. The Kier molecular flexibility index (Phi) is 12.6. The number of likely N-dealkylation sites (tertiary alicyclic amines) is 1. The average molecular weight is 1050 g/mol. The van der Waals surface area contributed by atoms with Crippen molar-refractivity contribution >= 4 is 68.8 Å². The average Bonchev–Trinajstić information content (AvgIpc) is 4.20. The van der Waals surface area contributed by atoms with Crippen LogP contribution in [0.25, 0.3) is 32.9 Å². The molecule has 6 fully saturated rings. The smallest absolute Gasteiger partial charge is 0.409 e. The number of rotatable bonds is 11. The molecular formula is C56H54F2N10O9. The minimum atomic E-state index is -1.14. The summed E-state index contributed by atoms with van der Waals surface area (Å²) in [4.78, 5) is 99.1. The predicted molar refractivity (Wildman–Crippen MR) is 276 cm³/mol. The van der Waals surface area contributed by atoms with Gasteiger partial charge in [-0.1, -0.05) is 30.2 Å². The molecule has 7 aliphatic heterocycles. The first-order chi connectivity index (χ1) is 37.1. The second kappa shape index (κ2) is 19.5. The van der Waals surface area contributed by atoms with E-state index in [4.69, 9.17) is 20.9 Å². The summed E-state index contributed by atoms with van der Waals surface area (Å²) in [6, 6.07) is 9.07. The fourth-order valence-corrected chi connectivity index (χ4v) is 12.8. The lowest BCUT2D eigenvalue weighted by Gasteiger charge is -2.35. The first-order valence-corrected chi connectivity index (χ1v) is 26.1. The van der Waals surface area contributed by atoms with E-state index in [0.29, 0.717) is 81.4 Å². The van der Waals surface area contributed by atoms with Crippen LogP contribution < -0.4 is 25.6 Å². The van der Waals surface area contributed by atoms with Gasteiger partial charge in [0.25, 0.3) is 11.8 Å². The van der Waals surface area contributed by atoms with E-state index in [-0.39, 0.29) is 119 Å². The normalized spacial score (nSPS) is 24.4. The van der Waals surface area contributed by atoms with E-state index in [0.717, 1.165) is 23.3 Å². The molecule has 0 aliphatic carbocycles. The number of pyridine rings is 1. The van der Waals surface area contributed by atoms with E-state index in [2.05, 4.69) is 48.2 Å². The Morgan fingerprint density at radius 1 is 0.974 bits per heavy atom. The van der Waals surface area contributed by atoms with Gasteiger partial charge >= 0.3 is 12.1 Å². The first-order valence-electron chi connectivity index (χ1n) is 26.1.